The van der Waals surface area contributed by atoms with Crippen LogP contribution in [-0.4, -0.2) is 53.3 Å². The number of rotatable bonds is 5. The highest BCUT2D eigenvalue weighted by atomic mass is 16.4. The molecule has 4 N–H and O–H groups in total. The molecule has 0 aromatic heterocycles. The van der Waals surface area contributed by atoms with Crippen molar-refractivity contribution in [2.45, 2.75) is 12.0 Å². The molecule has 0 radical (unpaired) electrons. The Hall–Kier alpha value is -3.68. The Morgan fingerprint density at radius 3 is 2.36 bits per heavy atom. The van der Waals surface area contributed by atoms with Crippen molar-refractivity contribution in [3.63, 3.8) is 0 Å². The van der Waals surface area contributed by atoms with Crippen LogP contribution in [-0.2, 0) is 9.59 Å². The van der Waals surface area contributed by atoms with Gasteiger partial charge in [0.2, 0.25) is 0 Å². The summed E-state index contributed by atoms with van der Waals surface area (Å²) in [5, 5.41) is 17.4. The molecule has 0 fully saturated rings. The van der Waals surface area contributed by atoms with E-state index in [1.54, 1.807) is 61.6 Å². The third-order valence-electron chi connectivity index (χ3n) is 4.81. The maximum Gasteiger partial charge on any atom is 0.323 e. The van der Waals surface area contributed by atoms with Crippen molar-refractivity contribution in [1.82, 2.24) is 4.90 Å². The van der Waals surface area contributed by atoms with Crippen LogP contribution in [0.2, 0.25) is 0 Å². The first-order valence-electron chi connectivity index (χ1n) is 8.61. The third kappa shape index (κ3) is 3.32. The van der Waals surface area contributed by atoms with Crippen LogP contribution in [0.15, 0.2) is 54.6 Å². The first-order valence-corrected chi connectivity index (χ1v) is 8.61. The number of aliphatic carboxylic acids is 1. The van der Waals surface area contributed by atoms with Crippen molar-refractivity contribution in [3.05, 3.63) is 65.7 Å². The molecule has 0 saturated carbocycles. The average Bonchev–Trinajstić information content (AvgIpc) is 2.68. The monoisotopic (exact) mass is 380 g/mol. The molecule has 0 saturated heterocycles. The van der Waals surface area contributed by atoms with Gasteiger partial charge in [-0.05, 0) is 23.8 Å². The number of nitrogens with one attached hydrogen (secondary N) is 1. The lowest BCUT2D eigenvalue weighted by Crippen LogP contribution is -2.59. The van der Waals surface area contributed by atoms with Gasteiger partial charge in [-0.1, -0.05) is 36.4 Å². The summed E-state index contributed by atoms with van der Waals surface area (Å²) in [5.74, 6) is -3.59. The number of hydrogen-bond donors (Lipinski definition) is 3. The van der Waals surface area contributed by atoms with Crippen LogP contribution in [0.25, 0.3) is 0 Å². The number of amides is 2. The average molecular weight is 380 g/mol. The molecule has 0 aliphatic carbocycles. The van der Waals surface area contributed by atoms with E-state index in [2.05, 4.69) is 0 Å². The maximum absolute atomic E-state index is 13.3. The summed E-state index contributed by atoms with van der Waals surface area (Å²) in [5.41, 5.74) is 7.09. The van der Waals surface area contributed by atoms with Crippen LogP contribution in [0.1, 0.15) is 21.8 Å². The maximum atomic E-state index is 13.3. The zero-order valence-electron chi connectivity index (χ0n) is 15.2. The quantitative estimate of drug-likeness (QED) is 0.532. The smallest absolute Gasteiger partial charge is 0.323 e. The van der Waals surface area contributed by atoms with Crippen LogP contribution in [0.5, 0.6) is 0 Å². The van der Waals surface area contributed by atoms with E-state index in [1.807, 2.05) is 0 Å². The second kappa shape index (κ2) is 7.51. The molecule has 2 aromatic rings. The van der Waals surface area contributed by atoms with Gasteiger partial charge in [0, 0.05) is 18.3 Å². The number of carbonyl (C=O) groups is 3. The minimum atomic E-state index is -1.25. The largest absolute Gasteiger partial charge is 0.480 e. The summed E-state index contributed by atoms with van der Waals surface area (Å²) in [6.07, 6.45) is 0. The van der Waals surface area contributed by atoms with Crippen LogP contribution in [0, 0.1) is 5.41 Å². The molecule has 8 nitrogen and oxygen atoms in total. The van der Waals surface area contributed by atoms with Crippen molar-refractivity contribution >= 4 is 29.3 Å². The fraction of sp³-hybridized carbons (Fsp3) is 0.200. The SMILES string of the molecule is CN(C(=O)C1C(C(=N)N)c2ccccc2C(=O)N1CC(=O)O)c1ccccc1. The Balaban J connectivity index is 2.13. The number of anilines is 1. The molecule has 1 aliphatic heterocycles. The molecule has 0 bridgehead atoms. The molecule has 144 valence electrons. The Morgan fingerprint density at radius 2 is 1.75 bits per heavy atom. The van der Waals surface area contributed by atoms with Gasteiger partial charge in [0.25, 0.3) is 11.8 Å². The zero-order valence-corrected chi connectivity index (χ0v) is 15.2. The number of hydrogen-bond acceptors (Lipinski definition) is 4. The van der Waals surface area contributed by atoms with E-state index < -0.39 is 36.3 Å². The van der Waals surface area contributed by atoms with E-state index in [9.17, 15) is 19.5 Å². The highest BCUT2D eigenvalue weighted by Gasteiger charge is 2.46. The van der Waals surface area contributed by atoms with Gasteiger partial charge in [-0.2, -0.15) is 0 Å². The van der Waals surface area contributed by atoms with E-state index in [0.717, 1.165) is 4.90 Å². The summed E-state index contributed by atoms with van der Waals surface area (Å²) in [6, 6.07) is 14.1. The van der Waals surface area contributed by atoms with Crippen LogP contribution < -0.4 is 10.6 Å². The van der Waals surface area contributed by atoms with Gasteiger partial charge in [-0.3, -0.25) is 19.8 Å². The van der Waals surface area contributed by atoms with Gasteiger partial charge in [0.1, 0.15) is 18.4 Å². The number of nitrogens with two attached hydrogens (primary N) is 1. The molecule has 0 spiro atoms. The van der Waals surface area contributed by atoms with Crippen LogP contribution in [0.3, 0.4) is 0 Å². The molecule has 2 unspecified atom stereocenters. The Kier molecular flexibility index (Phi) is 5.12. The van der Waals surface area contributed by atoms with E-state index in [1.165, 1.54) is 4.90 Å². The highest BCUT2D eigenvalue weighted by molar-refractivity contribution is 6.10. The number of fused-ring (bicyclic) bond motifs is 1. The fourth-order valence-electron chi connectivity index (χ4n) is 3.50. The number of carboxylic acid groups (broad SMARTS) is 1. The van der Waals surface area contributed by atoms with Crippen molar-refractivity contribution in [1.29, 1.82) is 5.41 Å². The summed E-state index contributed by atoms with van der Waals surface area (Å²) in [6.45, 7) is -0.671. The summed E-state index contributed by atoms with van der Waals surface area (Å²) >= 11 is 0. The van der Waals surface area contributed by atoms with E-state index in [4.69, 9.17) is 11.1 Å². The predicted octanol–water partition coefficient (Wildman–Crippen LogP) is 1.28. The fourth-order valence-corrected chi connectivity index (χ4v) is 3.50. The molecule has 28 heavy (non-hydrogen) atoms. The van der Waals surface area contributed by atoms with E-state index in [-0.39, 0.29) is 11.4 Å². The topological polar surface area (TPSA) is 128 Å². The number of likely N-dealkylation sites (N-methyl/N-ethyl adjacent to an activating group) is 1. The minimum Gasteiger partial charge on any atom is -0.480 e. The number of carbonyl (C=O) groups excluding carboxylic acids is 2. The van der Waals surface area contributed by atoms with Gasteiger partial charge in [-0.15, -0.1) is 0 Å². The lowest BCUT2D eigenvalue weighted by molar-refractivity contribution is -0.139. The second-order valence-electron chi connectivity index (χ2n) is 6.52. The van der Waals surface area contributed by atoms with Crippen molar-refractivity contribution in [3.8, 4) is 0 Å². The van der Waals surface area contributed by atoms with Crippen molar-refractivity contribution in [2.75, 3.05) is 18.5 Å². The van der Waals surface area contributed by atoms with Gasteiger partial charge < -0.3 is 20.6 Å². The molecule has 2 atom stereocenters. The molecular formula is C20H20N4O4. The minimum absolute atomic E-state index is 0.246. The molecule has 2 amide bonds. The highest BCUT2D eigenvalue weighted by Crippen LogP contribution is 2.34. The van der Waals surface area contributed by atoms with Crippen LogP contribution in [0.4, 0.5) is 5.69 Å². The lowest BCUT2D eigenvalue weighted by atomic mass is 9.81. The molecule has 1 aliphatic rings. The van der Waals surface area contributed by atoms with E-state index >= 15 is 0 Å². The lowest BCUT2D eigenvalue weighted by Gasteiger charge is -2.41. The van der Waals surface area contributed by atoms with Crippen molar-refractivity contribution < 1.29 is 19.5 Å². The third-order valence-corrected chi connectivity index (χ3v) is 4.81. The Morgan fingerprint density at radius 1 is 1.14 bits per heavy atom. The van der Waals surface area contributed by atoms with Gasteiger partial charge in [0.05, 0.1) is 5.92 Å². The molecule has 1 heterocycles. The number of nitrogens with zero attached hydrogens (tertiary/aromatic N) is 2. The van der Waals surface area contributed by atoms with E-state index in [0.29, 0.717) is 11.3 Å². The Bertz CT molecular complexity index is 944. The number of amidine groups is 1. The first kappa shape index (κ1) is 19.1. The van der Waals surface area contributed by atoms with Crippen molar-refractivity contribution in [2.24, 2.45) is 5.73 Å². The Labute approximate surface area is 161 Å². The number of carboxylic acids is 1. The standard InChI is InChI=1S/C20H20N4O4/c1-23(12-7-3-2-4-8-12)20(28)17-16(18(21)22)13-9-5-6-10-14(13)19(27)24(17)11-15(25)26/h2-10,16-17H,11H2,1H3,(H3,21,22)(H,25,26). The van der Waals surface area contributed by atoms with Crippen LogP contribution >= 0.6 is 0 Å². The summed E-state index contributed by atoms with van der Waals surface area (Å²) < 4.78 is 0. The van der Waals surface area contributed by atoms with Gasteiger partial charge in [0.15, 0.2) is 0 Å². The summed E-state index contributed by atoms with van der Waals surface area (Å²) in [4.78, 5) is 40.1. The predicted molar refractivity (Wildman–Crippen MR) is 103 cm³/mol. The molecule has 3 rings (SSSR count). The summed E-state index contributed by atoms with van der Waals surface area (Å²) in [7, 11) is 1.54. The van der Waals surface area contributed by atoms with Gasteiger partial charge >= 0.3 is 5.97 Å². The molecule has 8 heteroatoms. The normalized spacial score (nSPS) is 18.3. The zero-order chi connectivity index (χ0) is 20.4. The second-order valence-corrected chi connectivity index (χ2v) is 6.52. The number of benzene rings is 2. The first-order chi connectivity index (χ1) is 13.3. The van der Waals surface area contributed by atoms with Gasteiger partial charge in [-0.25, -0.2) is 0 Å². The molecular weight excluding hydrogens is 360 g/mol. The molecule has 2 aromatic carbocycles. The number of para-hydroxylation sites is 1.